The fourth-order valence-electron chi connectivity index (χ4n) is 2.40. The van der Waals surface area contributed by atoms with Gasteiger partial charge in [0.05, 0.1) is 27.7 Å². The van der Waals surface area contributed by atoms with Gasteiger partial charge in [0.1, 0.15) is 17.2 Å². The molecule has 0 saturated heterocycles. The number of non-ortho nitro benzene ring substituents is 1. The zero-order chi connectivity index (χ0) is 21.0. The van der Waals surface area contributed by atoms with Gasteiger partial charge in [0.25, 0.3) is 5.69 Å². The summed E-state index contributed by atoms with van der Waals surface area (Å²) < 4.78 is 5.58. The predicted octanol–water partition coefficient (Wildman–Crippen LogP) is 3.91. The van der Waals surface area contributed by atoms with E-state index in [0.717, 1.165) is 12.1 Å². The minimum absolute atomic E-state index is 0.0205. The molecule has 0 saturated carbocycles. The third kappa shape index (κ3) is 4.42. The number of nitro groups is 2. The van der Waals surface area contributed by atoms with E-state index in [1.165, 1.54) is 24.4 Å². The highest BCUT2D eigenvalue weighted by Crippen LogP contribution is 2.29. The topological polar surface area (TPSA) is 161 Å². The Morgan fingerprint density at radius 3 is 2.38 bits per heavy atom. The highest BCUT2D eigenvalue weighted by atomic mass is 16.6. The lowest BCUT2D eigenvalue weighted by atomic mass is 10.1. The standard InChI is InChI=1S/C18H12N4O7/c23-18(24)12-3-1-11(2-4-12)17-8-6-14(29-17)10-19-20-15-7-5-13(21(25)26)9-16(15)22(27)28/h1-10,20H,(H,23,24)/b19-10-. The molecule has 11 heteroatoms. The van der Waals surface area contributed by atoms with Gasteiger partial charge in [0.2, 0.25) is 0 Å². The molecule has 3 rings (SSSR count). The molecule has 1 aromatic heterocycles. The first-order valence-electron chi connectivity index (χ1n) is 8.00. The Morgan fingerprint density at radius 1 is 1.03 bits per heavy atom. The van der Waals surface area contributed by atoms with Crippen LogP contribution in [0.5, 0.6) is 0 Å². The van der Waals surface area contributed by atoms with Crippen molar-refractivity contribution in [3.8, 4) is 11.3 Å². The van der Waals surface area contributed by atoms with Crippen molar-refractivity contribution in [3.63, 3.8) is 0 Å². The Labute approximate surface area is 162 Å². The highest BCUT2D eigenvalue weighted by molar-refractivity contribution is 5.88. The van der Waals surface area contributed by atoms with Crippen LogP contribution in [-0.4, -0.2) is 27.1 Å². The number of aromatic carboxylic acids is 1. The number of carboxylic acid groups (broad SMARTS) is 1. The summed E-state index contributed by atoms with van der Waals surface area (Å²) in [6.07, 6.45) is 1.28. The van der Waals surface area contributed by atoms with E-state index in [9.17, 15) is 25.0 Å². The van der Waals surface area contributed by atoms with E-state index in [2.05, 4.69) is 10.5 Å². The molecule has 146 valence electrons. The minimum Gasteiger partial charge on any atom is -0.478 e. The smallest absolute Gasteiger partial charge is 0.335 e. The van der Waals surface area contributed by atoms with E-state index < -0.39 is 27.2 Å². The van der Waals surface area contributed by atoms with Crippen LogP contribution >= 0.6 is 0 Å². The number of nitro benzene ring substituents is 2. The summed E-state index contributed by atoms with van der Waals surface area (Å²) in [4.78, 5) is 31.2. The Morgan fingerprint density at radius 2 is 1.76 bits per heavy atom. The SMILES string of the molecule is O=C(O)c1ccc(-c2ccc(/C=N\Nc3ccc([N+](=O)[O-])cc3[N+](=O)[O-])o2)cc1. The number of carboxylic acids is 1. The first kappa shape index (κ1) is 19.2. The number of carbonyl (C=O) groups is 1. The monoisotopic (exact) mass is 396 g/mol. The summed E-state index contributed by atoms with van der Waals surface area (Å²) in [6, 6.07) is 12.5. The number of hydrazone groups is 1. The molecule has 0 bridgehead atoms. The molecule has 0 unspecified atom stereocenters. The summed E-state index contributed by atoms with van der Waals surface area (Å²) in [5.74, 6) is -0.223. The molecular formula is C18H12N4O7. The second-order valence-electron chi connectivity index (χ2n) is 5.67. The number of nitrogens with one attached hydrogen (secondary N) is 1. The molecule has 0 fully saturated rings. The van der Waals surface area contributed by atoms with E-state index in [-0.39, 0.29) is 11.3 Å². The van der Waals surface area contributed by atoms with Gasteiger partial charge in [-0.25, -0.2) is 4.79 Å². The Kier molecular flexibility index (Phi) is 5.30. The molecule has 0 aliphatic carbocycles. The lowest BCUT2D eigenvalue weighted by Crippen LogP contribution is -1.98. The van der Waals surface area contributed by atoms with Crippen LogP contribution in [-0.2, 0) is 0 Å². The average molecular weight is 396 g/mol. The number of nitrogens with zero attached hydrogens (tertiary/aromatic N) is 3. The maximum atomic E-state index is 11.1. The van der Waals surface area contributed by atoms with E-state index in [1.54, 1.807) is 24.3 Å². The largest absolute Gasteiger partial charge is 0.478 e. The fraction of sp³-hybridized carbons (Fsp3) is 0. The van der Waals surface area contributed by atoms with Crippen LogP contribution < -0.4 is 5.43 Å². The Balaban J connectivity index is 1.74. The molecule has 2 N–H and O–H groups in total. The zero-order valence-electron chi connectivity index (χ0n) is 14.5. The number of rotatable bonds is 7. The zero-order valence-corrected chi connectivity index (χ0v) is 14.5. The number of furan rings is 1. The lowest BCUT2D eigenvalue weighted by Gasteiger charge is -2.01. The summed E-state index contributed by atoms with van der Waals surface area (Å²) in [6.45, 7) is 0. The van der Waals surface area contributed by atoms with Crippen LogP contribution in [0.25, 0.3) is 11.3 Å². The van der Waals surface area contributed by atoms with Crippen molar-refractivity contribution in [2.75, 3.05) is 5.43 Å². The van der Waals surface area contributed by atoms with Crippen molar-refractivity contribution < 1.29 is 24.2 Å². The number of hydrogen-bond donors (Lipinski definition) is 2. The molecule has 1 heterocycles. The van der Waals surface area contributed by atoms with Gasteiger partial charge in [0, 0.05) is 11.6 Å². The van der Waals surface area contributed by atoms with Crippen molar-refractivity contribution in [1.29, 1.82) is 0 Å². The second kappa shape index (κ2) is 8.00. The highest BCUT2D eigenvalue weighted by Gasteiger charge is 2.19. The molecule has 11 nitrogen and oxygen atoms in total. The molecule has 0 amide bonds. The first-order chi connectivity index (χ1) is 13.8. The van der Waals surface area contributed by atoms with Crippen LogP contribution in [0.4, 0.5) is 17.1 Å². The van der Waals surface area contributed by atoms with Crippen molar-refractivity contribution in [2.45, 2.75) is 0 Å². The van der Waals surface area contributed by atoms with E-state index in [4.69, 9.17) is 9.52 Å². The van der Waals surface area contributed by atoms with Crippen molar-refractivity contribution in [1.82, 2.24) is 0 Å². The lowest BCUT2D eigenvalue weighted by molar-refractivity contribution is -0.393. The Bertz CT molecular complexity index is 1120. The average Bonchev–Trinajstić information content (AvgIpc) is 3.17. The summed E-state index contributed by atoms with van der Waals surface area (Å²) >= 11 is 0. The third-order valence-corrected chi connectivity index (χ3v) is 3.81. The van der Waals surface area contributed by atoms with Gasteiger partial charge in [-0.15, -0.1) is 0 Å². The molecule has 0 aliphatic rings. The fourth-order valence-corrected chi connectivity index (χ4v) is 2.40. The number of benzene rings is 2. The van der Waals surface area contributed by atoms with Gasteiger partial charge in [-0.2, -0.15) is 5.10 Å². The van der Waals surface area contributed by atoms with Crippen molar-refractivity contribution >= 4 is 29.2 Å². The molecule has 0 spiro atoms. The molecule has 2 aromatic carbocycles. The molecule has 3 aromatic rings. The van der Waals surface area contributed by atoms with Crippen LogP contribution in [0.15, 0.2) is 64.1 Å². The number of hydrogen-bond acceptors (Lipinski definition) is 8. The summed E-state index contributed by atoms with van der Waals surface area (Å²) in [5.41, 5.74) is 2.35. The summed E-state index contributed by atoms with van der Waals surface area (Å²) in [5, 5.41) is 34.6. The van der Waals surface area contributed by atoms with Gasteiger partial charge in [-0.1, -0.05) is 12.1 Å². The van der Waals surface area contributed by atoms with E-state index >= 15 is 0 Å². The van der Waals surface area contributed by atoms with Gasteiger partial charge in [0.15, 0.2) is 0 Å². The van der Waals surface area contributed by atoms with Gasteiger partial charge in [-0.05, 0) is 30.3 Å². The van der Waals surface area contributed by atoms with Crippen LogP contribution in [0.2, 0.25) is 0 Å². The maximum Gasteiger partial charge on any atom is 0.335 e. The van der Waals surface area contributed by atoms with Crippen molar-refractivity contribution in [2.24, 2.45) is 5.10 Å². The molecule has 29 heavy (non-hydrogen) atoms. The third-order valence-electron chi connectivity index (χ3n) is 3.81. The minimum atomic E-state index is -1.03. The normalized spacial score (nSPS) is 10.8. The molecule has 0 atom stereocenters. The molecule has 0 radical (unpaired) electrons. The number of anilines is 1. The van der Waals surface area contributed by atoms with Crippen LogP contribution in [0.3, 0.4) is 0 Å². The summed E-state index contributed by atoms with van der Waals surface area (Å²) in [7, 11) is 0. The van der Waals surface area contributed by atoms with Crippen LogP contribution in [0.1, 0.15) is 16.1 Å². The van der Waals surface area contributed by atoms with E-state index in [0.29, 0.717) is 17.1 Å². The Hall–Kier alpha value is -4.54. The first-order valence-corrected chi connectivity index (χ1v) is 8.00. The second-order valence-corrected chi connectivity index (χ2v) is 5.67. The van der Waals surface area contributed by atoms with Gasteiger partial charge < -0.3 is 9.52 Å². The predicted molar refractivity (Wildman–Crippen MR) is 102 cm³/mol. The maximum absolute atomic E-state index is 11.1. The van der Waals surface area contributed by atoms with Crippen molar-refractivity contribution in [3.05, 3.63) is 86.1 Å². The molecule has 0 aliphatic heterocycles. The van der Waals surface area contributed by atoms with Gasteiger partial charge in [-0.3, -0.25) is 25.7 Å². The molecular weight excluding hydrogens is 384 g/mol. The van der Waals surface area contributed by atoms with Crippen LogP contribution in [0, 0.1) is 20.2 Å². The van der Waals surface area contributed by atoms with Gasteiger partial charge >= 0.3 is 11.7 Å². The van der Waals surface area contributed by atoms with E-state index in [1.807, 2.05) is 0 Å². The quantitative estimate of drug-likeness (QED) is 0.345.